The fourth-order valence-electron chi connectivity index (χ4n) is 1.99. The second-order valence-corrected chi connectivity index (χ2v) is 4.98. The van der Waals surface area contributed by atoms with E-state index in [0.717, 1.165) is 11.8 Å². The van der Waals surface area contributed by atoms with Gasteiger partial charge in [0.05, 0.1) is 12.6 Å². The Labute approximate surface area is 135 Å². The third-order valence-corrected chi connectivity index (χ3v) is 3.15. The van der Waals surface area contributed by atoms with Gasteiger partial charge in [-0.15, -0.1) is 0 Å². The molecule has 9 nitrogen and oxygen atoms in total. The SMILES string of the molecule is O=C(Nc1c[nH]c(=O)[nH]c1=O)C(=O)N[C@H](CO)Cc1ccccc1. The number of nitrogens with one attached hydrogen (secondary N) is 4. The van der Waals surface area contributed by atoms with Crippen molar-refractivity contribution in [1.29, 1.82) is 0 Å². The van der Waals surface area contributed by atoms with Gasteiger partial charge in [0.25, 0.3) is 5.56 Å². The molecule has 2 aromatic rings. The molecule has 0 unspecified atom stereocenters. The topological polar surface area (TPSA) is 144 Å². The maximum atomic E-state index is 11.9. The molecule has 2 rings (SSSR count). The number of amides is 2. The quantitative estimate of drug-likeness (QED) is 0.433. The van der Waals surface area contributed by atoms with E-state index in [-0.39, 0.29) is 12.3 Å². The third-order valence-electron chi connectivity index (χ3n) is 3.15. The highest BCUT2D eigenvalue weighted by atomic mass is 16.3. The number of aromatic amines is 2. The van der Waals surface area contributed by atoms with E-state index in [2.05, 4.69) is 15.6 Å². The van der Waals surface area contributed by atoms with E-state index in [9.17, 15) is 24.3 Å². The van der Waals surface area contributed by atoms with Gasteiger partial charge < -0.3 is 20.7 Å². The van der Waals surface area contributed by atoms with Crippen molar-refractivity contribution >= 4 is 17.5 Å². The maximum absolute atomic E-state index is 11.9. The van der Waals surface area contributed by atoms with Crippen LogP contribution in [-0.2, 0) is 16.0 Å². The predicted molar refractivity (Wildman–Crippen MR) is 85.5 cm³/mol. The van der Waals surface area contributed by atoms with Crippen molar-refractivity contribution in [1.82, 2.24) is 15.3 Å². The maximum Gasteiger partial charge on any atom is 0.325 e. The predicted octanol–water partition coefficient (Wildman–Crippen LogP) is -1.28. The molecule has 1 aromatic carbocycles. The van der Waals surface area contributed by atoms with Crippen molar-refractivity contribution in [3.8, 4) is 0 Å². The summed E-state index contributed by atoms with van der Waals surface area (Å²) in [5.41, 5.74) is -0.943. The number of carbonyl (C=O) groups excluding carboxylic acids is 2. The molecule has 126 valence electrons. The average Bonchev–Trinajstić information content (AvgIpc) is 2.57. The highest BCUT2D eigenvalue weighted by Gasteiger charge is 2.19. The van der Waals surface area contributed by atoms with Crippen LogP contribution in [0.25, 0.3) is 0 Å². The summed E-state index contributed by atoms with van der Waals surface area (Å²) in [6.45, 7) is -0.354. The van der Waals surface area contributed by atoms with Crippen LogP contribution in [-0.4, -0.2) is 39.5 Å². The Morgan fingerprint density at radius 2 is 1.83 bits per heavy atom. The molecule has 0 aliphatic heterocycles. The highest BCUT2D eigenvalue weighted by Crippen LogP contribution is 2.03. The molecule has 0 bridgehead atoms. The van der Waals surface area contributed by atoms with Gasteiger partial charge in [-0.25, -0.2) is 4.79 Å². The summed E-state index contributed by atoms with van der Waals surface area (Å²) in [4.78, 5) is 50.1. The molecule has 24 heavy (non-hydrogen) atoms. The molecular weight excluding hydrogens is 316 g/mol. The Morgan fingerprint density at radius 3 is 2.46 bits per heavy atom. The van der Waals surface area contributed by atoms with Gasteiger partial charge in [0.2, 0.25) is 0 Å². The zero-order valence-corrected chi connectivity index (χ0v) is 12.5. The van der Waals surface area contributed by atoms with E-state index in [1.807, 2.05) is 35.3 Å². The number of hydrogen-bond acceptors (Lipinski definition) is 5. The first-order chi connectivity index (χ1) is 11.5. The van der Waals surface area contributed by atoms with Gasteiger partial charge in [-0.2, -0.15) is 0 Å². The van der Waals surface area contributed by atoms with Crippen LogP contribution in [0.1, 0.15) is 5.56 Å². The normalized spacial score (nSPS) is 11.5. The fraction of sp³-hybridized carbons (Fsp3) is 0.200. The molecule has 0 saturated carbocycles. The van der Waals surface area contributed by atoms with Crippen molar-refractivity contribution in [3.05, 3.63) is 62.9 Å². The van der Waals surface area contributed by atoms with Gasteiger partial charge in [0.15, 0.2) is 0 Å². The molecule has 0 aliphatic rings. The molecule has 1 aromatic heterocycles. The standard InChI is InChI=1S/C15H16N4O5/c20-8-10(6-9-4-2-1-3-5-9)17-13(22)14(23)18-11-7-16-15(24)19-12(11)21/h1-5,7,10,20H,6,8H2,(H,17,22)(H,18,23)(H2,16,19,21,24)/t10-/m0/s1. The van der Waals surface area contributed by atoms with Gasteiger partial charge in [-0.05, 0) is 12.0 Å². The number of anilines is 1. The Morgan fingerprint density at radius 1 is 1.12 bits per heavy atom. The molecule has 2 amide bonds. The van der Waals surface area contributed by atoms with Crippen LogP contribution in [0.2, 0.25) is 0 Å². The summed E-state index contributed by atoms with van der Waals surface area (Å²) in [5, 5.41) is 13.8. The number of aromatic nitrogens is 2. The lowest BCUT2D eigenvalue weighted by molar-refractivity contribution is -0.136. The zero-order chi connectivity index (χ0) is 17.5. The minimum atomic E-state index is -1.08. The minimum Gasteiger partial charge on any atom is -0.394 e. The van der Waals surface area contributed by atoms with Crippen molar-refractivity contribution in [3.63, 3.8) is 0 Å². The van der Waals surface area contributed by atoms with E-state index < -0.39 is 29.1 Å². The van der Waals surface area contributed by atoms with Gasteiger partial charge >= 0.3 is 17.5 Å². The highest BCUT2D eigenvalue weighted by molar-refractivity contribution is 6.39. The summed E-state index contributed by atoms with van der Waals surface area (Å²) in [6, 6.07) is 8.48. The molecule has 9 heteroatoms. The van der Waals surface area contributed by atoms with Gasteiger partial charge in [0, 0.05) is 6.20 Å². The molecular formula is C15H16N4O5. The van der Waals surface area contributed by atoms with Crippen LogP contribution in [0, 0.1) is 0 Å². The molecule has 0 fully saturated rings. The van der Waals surface area contributed by atoms with Crippen LogP contribution in [0.4, 0.5) is 5.69 Å². The van der Waals surface area contributed by atoms with Gasteiger partial charge in [0.1, 0.15) is 5.69 Å². The monoisotopic (exact) mass is 332 g/mol. The number of carbonyl (C=O) groups is 2. The van der Waals surface area contributed by atoms with Crippen molar-refractivity contribution in [2.75, 3.05) is 11.9 Å². The first-order valence-electron chi connectivity index (χ1n) is 7.08. The summed E-state index contributed by atoms with van der Waals surface area (Å²) in [7, 11) is 0. The van der Waals surface area contributed by atoms with E-state index in [0.29, 0.717) is 6.42 Å². The number of aliphatic hydroxyl groups excluding tert-OH is 1. The molecule has 5 N–H and O–H groups in total. The Kier molecular flexibility index (Phi) is 5.63. The first-order valence-corrected chi connectivity index (χ1v) is 7.08. The smallest absolute Gasteiger partial charge is 0.325 e. The van der Waals surface area contributed by atoms with Crippen LogP contribution in [0.3, 0.4) is 0 Å². The number of rotatable bonds is 5. The van der Waals surface area contributed by atoms with Crippen molar-refractivity contribution < 1.29 is 14.7 Å². The Balaban J connectivity index is 1.98. The van der Waals surface area contributed by atoms with Crippen LogP contribution in [0.5, 0.6) is 0 Å². The minimum absolute atomic E-state index is 0.265. The summed E-state index contributed by atoms with van der Waals surface area (Å²) in [6.07, 6.45) is 1.33. The molecule has 0 spiro atoms. The first kappa shape index (κ1) is 17.2. The third kappa shape index (κ3) is 4.65. The van der Waals surface area contributed by atoms with Gasteiger partial charge in [-0.3, -0.25) is 19.4 Å². The largest absolute Gasteiger partial charge is 0.394 e. The number of aliphatic hydroxyl groups is 1. The van der Waals surface area contributed by atoms with Gasteiger partial charge in [-0.1, -0.05) is 30.3 Å². The number of benzene rings is 1. The lowest BCUT2D eigenvalue weighted by Gasteiger charge is -2.16. The fourth-order valence-corrected chi connectivity index (χ4v) is 1.99. The van der Waals surface area contributed by atoms with E-state index in [1.54, 1.807) is 0 Å². The van der Waals surface area contributed by atoms with Crippen LogP contribution < -0.4 is 21.9 Å². The summed E-state index contributed by atoms with van der Waals surface area (Å²) >= 11 is 0. The number of H-pyrrole nitrogens is 2. The van der Waals surface area contributed by atoms with E-state index in [1.165, 1.54) is 0 Å². The van der Waals surface area contributed by atoms with Crippen LogP contribution in [0.15, 0.2) is 46.1 Å². The average molecular weight is 332 g/mol. The Bertz CT molecular complexity index is 828. The lowest BCUT2D eigenvalue weighted by Crippen LogP contribution is -2.45. The summed E-state index contributed by atoms with van der Waals surface area (Å²) in [5.74, 6) is -2.09. The molecule has 1 atom stereocenters. The second-order valence-electron chi connectivity index (χ2n) is 4.98. The Hall–Kier alpha value is -3.20. The molecule has 0 saturated heterocycles. The summed E-state index contributed by atoms with van der Waals surface area (Å²) < 4.78 is 0. The molecule has 0 radical (unpaired) electrons. The molecule has 0 aliphatic carbocycles. The lowest BCUT2D eigenvalue weighted by atomic mass is 10.1. The van der Waals surface area contributed by atoms with Crippen molar-refractivity contribution in [2.45, 2.75) is 12.5 Å². The van der Waals surface area contributed by atoms with Crippen molar-refractivity contribution in [2.24, 2.45) is 0 Å². The molecule has 1 heterocycles. The number of hydrogen-bond donors (Lipinski definition) is 5. The second kappa shape index (κ2) is 7.88. The van der Waals surface area contributed by atoms with E-state index in [4.69, 9.17) is 0 Å². The van der Waals surface area contributed by atoms with Crippen LogP contribution >= 0.6 is 0 Å². The van der Waals surface area contributed by atoms with E-state index >= 15 is 0 Å². The zero-order valence-electron chi connectivity index (χ0n) is 12.5.